The summed E-state index contributed by atoms with van der Waals surface area (Å²) in [5, 5.41) is 2.97. The van der Waals surface area contributed by atoms with Crippen LogP contribution in [0, 0.1) is 6.92 Å². The zero-order chi connectivity index (χ0) is 17.5. The van der Waals surface area contributed by atoms with Gasteiger partial charge in [-0.1, -0.05) is 26.0 Å². The van der Waals surface area contributed by atoms with Gasteiger partial charge in [-0.3, -0.25) is 4.79 Å². The summed E-state index contributed by atoms with van der Waals surface area (Å²) in [4.78, 5) is 18.8. The monoisotopic (exact) mass is 326 g/mol. The highest BCUT2D eigenvalue weighted by atomic mass is 16.1. The van der Waals surface area contributed by atoms with Gasteiger partial charge < -0.3 is 16.0 Å². The molecule has 0 saturated heterocycles. The number of amides is 1. The molecule has 1 heterocycles. The first-order valence-corrected chi connectivity index (χ1v) is 8.39. The van der Waals surface area contributed by atoms with Crippen molar-refractivity contribution < 1.29 is 4.79 Å². The van der Waals surface area contributed by atoms with Crippen LogP contribution in [-0.4, -0.2) is 42.0 Å². The fourth-order valence-electron chi connectivity index (χ4n) is 2.66. The van der Waals surface area contributed by atoms with Gasteiger partial charge in [0.2, 0.25) is 0 Å². The third-order valence-corrected chi connectivity index (χ3v) is 4.17. The Morgan fingerprint density at radius 3 is 2.38 bits per heavy atom. The molecule has 0 atom stereocenters. The Balaban J connectivity index is 1.99. The van der Waals surface area contributed by atoms with Crippen LogP contribution >= 0.6 is 0 Å². The number of pyridine rings is 1. The third-order valence-electron chi connectivity index (χ3n) is 4.17. The lowest BCUT2D eigenvalue weighted by molar-refractivity contribution is 0.0949. The maximum atomic E-state index is 12.2. The summed E-state index contributed by atoms with van der Waals surface area (Å²) >= 11 is 0. The molecule has 0 radical (unpaired) electrons. The Morgan fingerprint density at radius 1 is 1.12 bits per heavy atom. The van der Waals surface area contributed by atoms with Crippen molar-refractivity contribution >= 4 is 11.7 Å². The maximum Gasteiger partial charge on any atom is 0.251 e. The number of aryl methyl sites for hydroxylation is 1. The number of nitrogens with two attached hydrogens (primary N) is 1. The Bertz CT molecular complexity index is 678. The average Bonchev–Trinajstić information content (AvgIpc) is 2.59. The van der Waals surface area contributed by atoms with Crippen molar-refractivity contribution in [3.8, 4) is 11.1 Å². The SMILES string of the molecule is CCN(CC)CCNC(=O)c1ccc(-c2ccc(N)nc2C)cc1. The van der Waals surface area contributed by atoms with Crippen LogP contribution in [0.1, 0.15) is 29.9 Å². The standard InChI is InChI=1S/C19H26N4O/c1-4-23(5-2)13-12-21-19(24)16-8-6-15(7-9-16)17-10-11-18(20)22-14(17)3/h6-11H,4-5,12-13H2,1-3H3,(H2,20,22)(H,21,24). The third kappa shape index (κ3) is 4.55. The van der Waals surface area contributed by atoms with E-state index in [-0.39, 0.29) is 5.91 Å². The van der Waals surface area contributed by atoms with Gasteiger partial charge in [-0.15, -0.1) is 0 Å². The quantitative estimate of drug-likeness (QED) is 0.821. The molecule has 0 spiro atoms. The molecule has 24 heavy (non-hydrogen) atoms. The highest BCUT2D eigenvalue weighted by molar-refractivity contribution is 5.94. The average molecular weight is 326 g/mol. The summed E-state index contributed by atoms with van der Waals surface area (Å²) in [6.07, 6.45) is 0. The summed E-state index contributed by atoms with van der Waals surface area (Å²) in [6, 6.07) is 11.3. The maximum absolute atomic E-state index is 12.2. The second kappa shape index (κ2) is 8.45. The molecule has 5 nitrogen and oxygen atoms in total. The van der Waals surface area contributed by atoms with Crippen LogP contribution in [0.2, 0.25) is 0 Å². The molecule has 3 N–H and O–H groups in total. The molecule has 5 heteroatoms. The molecule has 128 valence electrons. The van der Waals surface area contributed by atoms with Crippen LogP contribution in [0.4, 0.5) is 5.82 Å². The summed E-state index contributed by atoms with van der Waals surface area (Å²) in [6.45, 7) is 9.69. The van der Waals surface area contributed by atoms with E-state index in [1.807, 2.05) is 37.3 Å². The largest absolute Gasteiger partial charge is 0.384 e. The Kier molecular flexibility index (Phi) is 6.32. The number of carbonyl (C=O) groups excluding carboxylic acids is 1. The van der Waals surface area contributed by atoms with Crippen molar-refractivity contribution in [1.82, 2.24) is 15.2 Å². The normalized spacial score (nSPS) is 10.8. The van der Waals surface area contributed by atoms with Gasteiger partial charge in [0.25, 0.3) is 5.91 Å². The van der Waals surface area contributed by atoms with Crippen molar-refractivity contribution in [3.63, 3.8) is 0 Å². The fraction of sp³-hybridized carbons (Fsp3) is 0.368. The van der Waals surface area contributed by atoms with Crippen LogP contribution in [0.15, 0.2) is 36.4 Å². The number of hydrogen-bond donors (Lipinski definition) is 2. The lowest BCUT2D eigenvalue weighted by Crippen LogP contribution is -2.34. The zero-order valence-electron chi connectivity index (χ0n) is 14.7. The minimum absolute atomic E-state index is 0.0409. The molecule has 1 amide bonds. The summed E-state index contributed by atoms with van der Waals surface area (Å²) in [5.41, 5.74) is 9.29. The van der Waals surface area contributed by atoms with Crippen LogP contribution < -0.4 is 11.1 Å². The summed E-state index contributed by atoms with van der Waals surface area (Å²) < 4.78 is 0. The Morgan fingerprint density at radius 2 is 1.79 bits per heavy atom. The highest BCUT2D eigenvalue weighted by Gasteiger charge is 2.08. The van der Waals surface area contributed by atoms with Crippen LogP contribution in [-0.2, 0) is 0 Å². The Labute approximate surface area is 143 Å². The number of benzene rings is 1. The van der Waals surface area contributed by atoms with E-state index in [2.05, 4.69) is 29.0 Å². The van der Waals surface area contributed by atoms with Crippen molar-refractivity contribution in [2.24, 2.45) is 0 Å². The number of aromatic nitrogens is 1. The van der Waals surface area contributed by atoms with E-state index in [9.17, 15) is 4.79 Å². The molecular weight excluding hydrogens is 300 g/mol. The van der Waals surface area contributed by atoms with E-state index in [4.69, 9.17) is 5.73 Å². The van der Waals surface area contributed by atoms with Gasteiger partial charge in [0.1, 0.15) is 5.82 Å². The van der Waals surface area contributed by atoms with Crippen molar-refractivity contribution in [1.29, 1.82) is 0 Å². The van der Waals surface area contributed by atoms with Gasteiger partial charge in [0.05, 0.1) is 0 Å². The molecule has 2 aromatic rings. The number of nitrogens with zero attached hydrogens (tertiary/aromatic N) is 2. The zero-order valence-corrected chi connectivity index (χ0v) is 14.7. The second-order valence-electron chi connectivity index (χ2n) is 5.73. The van der Waals surface area contributed by atoms with Crippen molar-refractivity contribution in [2.45, 2.75) is 20.8 Å². The number of anilines is 1. The molecule has 0 bridgehead atoms. The molecule has 1 aromatic heterocycles. The molecule has 1 aromatic carbocycles. The predicted octanol–water partition coefficient (Wildman–Crippen LogP) is 2.71. The second-order valence-corrected chi connectivity index (χ2v) is 5.73. The lowest BCUT2D eigenvalue weighted by Gasteiger charge is -2.18. The minimum Gasteiger partial charge on any atom is -0.384 e. The van der Waals surface area contributed by atoms with E-state index in [0.29, 0.717) is 17.9 Å². The van der Waals surface area contributed by atoms with E-state index in [0.717, 1.165) is 36.5 Å². The number of likely N-dealkylation sites (N-methyl/N-ethyl adjacent to an activating group) is 1. The summed E-state index contributed by atoms with van der Waals surface area (Å²) in [7, 11) is 0. The molecule has 0 aliphatic carbocycles. The fourth-order valence-corrected chi connectivity index (χ4v) is 2.66. The molecule has 2 rings (SSSR count). The lowest BCUT2D eigenvalue weighted by atomic mass is 10.0. The minimum atomic E-state index is -0.0409. The first-order chi connectivity index (χ1) is 11.5. The van der Waals surface area contributed by atoms with Crippen molar-refractivity contribution in [2.75, 3.05) is 31.9 Å². The van der Waals surface area contributed by atoms with Gasteiger partial charge >= 0.3 is 0 Å². The van der Waals surface area contributed by atoms with E-state index >= 15 is 0 Å². The number of nitrogen functional groups attached to an aromatic ring is 1. The Hall–Kier alpha value is -2.40. The number of nitrogens with one attached hydrogen (secondary N) is 1. The molecule has 0 aliphatic heterocycles. The van der Waals surface area contributed by atoms with Gasteiger partial charge in [0, 0.05) is 29.9 Å². The van der Waals surface area contributed by atoms with Crippen molar-refractivity contribution in [3.05, 3.63) is 47.7 Å². The van der Waals surface area contributed by atoms with E-state index in [1.165, 1.54) is 0 Å². The molecule has 0 saturated carbocycles. The van der Waals surface area contributed by atoms with Gasteiger partial charge in [0.15, 0.2) is 0 Å². The van der Waals surface area contributed by atoms with Gasteiger partial charge in [-0.05, 0) is 49.8 Å². The van der Waals surface area contributed by atoms with Crippen LogP contribution in [0.25, 0.3) is 11.1 Å². The molecule has 0 unspecified atom stereocenters. The first-order valence-electron chi connectivity index (χ1n) is 8.39. The van der Waals surface area contributed by atoms with Crippen LogP contribution in [0.3, 0.4) is 0 Å². The first kappa shape index (κ1) is 17.9. The smallest absolute Gasteiger partial charge is 0.251 e. The number of hydrogen-bond acceptors (Lipinski definition) is 4. The molecular formula is C19H26N4O. The molecule has 0 fully saturated rings. The van der Waals surface area contributed by atoms with Crippen LogP contribution in [0.5, 0.6) is 0 Å². The topological polar surface area (TPSA) is 71.2 Å². The number of carbonyl (C=O) groups is 1. The number of rotatable bonds is 7. The van der Waals surface area contributed by atoms with E-state index in [1.54, 1.807) is 6.07 Å². The van der Waals surface area contributed by atoms with Gasteiger partial charge in [-0.2, -0.15) is 0 Å². The molecule has 0 aliphatic rings. The highest BCUT2D eigenvalue weighted by Crippen LogP contribution is 2.23. The van der Waals surface area contributed by atoms with Gasteiger partial charge in [-0.25, -0.2) is 4.98 Å². The van der Waals surface area contributed by atoms with E-state index < -0.39 is 0 Å². The predicted molar refractivity (Wildman–Crippen MR) is 98.9 cm³/mol. The summed E-state index contributed by atoms with van der Waals surface area (Å²) in [5.74, 6) is 0.473.